The Morgan fingerprint density at radius 2 is 1.89 bits per heavy atom. The summed E-state index contributed by atoms with van der Waals surface area (Å²) in [5.41, 5.74) is 1.12. The summed E-state index contributed by atoms with van der Waals surface area (Å²) in [7, 11) is 0. The zero-order chi connectivity index (χ0) is 14.0. The predicted molar refractivity (Wildman–Crippen MR) is 69.5 cm³/mol. The molecule has 0 spiro atoms. The third-order valence-electron chi connectivity index (χ3n) is 2.78. The van der Waals surface area contributed by atoms with Crippen molar-refractivity contribution < 1.29 is 19.1 Å². The fourth-order valence-electron chi connectivity index (χ4n) is 1.74. The second-order valence-corrected chi connectivity index (χ2v) is 4.15. The van der Waals surface area contributed by atoms with Gasteiger partial charge in [0.15, 0.2) is 5.76 Å². The predicted octanol–water partition coefficient (Wildman–Crippen LogP) is 2.85. The van der Waals surface area contributed by atoms with Crippen LogP contribution in [0.1, 0.15) is 32.2 Å². The number of carboxylic acids is 1. The number of benzene rings is 1. The van der Waals surface area contributed by atoms with Gasteiger partial charge < -0.3 is 14.8 Å². The molecule has 0 aliphatic carbocycles. The van der Waals surface area contributed by atoms with Crippen molar-refractivity contribution in [3.63, 3.8) is 0 Å². The van der Waals surface area contributed by atoms with Crippen LogP contribution in [0.3, 0.4) is 0 Å². The largest absolute Gasteiger partial charge is 0.478 e. The van der Waals surface area contributed by atoms with Gasteiger partial charge in [0.05, 0.1) is 5.56 Å². The zero-order valence-corrected chi connectivity index (χ0v) is 10.6. The molecule has 1 amide bonds. The third kappa shape index (κ3) is 2.65. The van der Waals surface area contributed by atoms with E-state index in [9.17, 15) is 9.59 Å². The Morgan fingerprint density at radius 1 is 1.16 bits per heavy atom. The Balaban J connectivity index is 2.27. The molecule has 2 N–H and O–H groups in total. The summed E-state index contributed by atoms with van der Waals surface area (Å²) >= 11 is 0. The molecule has 98 valence electrons. The molecule has 1 aromatic heterocycles. The number of nitrogens with one attached hydrogen (secondary N) is 1. The number of amides is 1. The van der Waals surface area contributed by atoms with Crippen LogP contribution in [-0.2, 0) is 0 Å². The first-order valence-corrected chi connectivity index (χ1v) is 5.69. The first kappa shape index (κ1) is 12.9. The van der Waals surface area contributed by atoms with Crippen molar-refractivity contribution in [2.24, 2.45) is 0 Å². The van der Waals surface area contributed by atoms with Gasteiger partial charge in [-0.05, 0) is 43.7 Å². The number of hydrogen-bond acceptors (Lipinski definition) is 3. The van der Waals surface area contributed by atoms with Gasteiger partial charge >= 0.3 is 5.97 Å². The number of carboxylic acid groups (broad SMARTS) is 1. The van der Waals surface area contributed by atoms with Gasteiger partial charge in [0.2, 0.25) is 0 Å². The minimum atomic E-state index is -1.03. The van der Waals surface area contributed by atoms with Crippen LogP contribution in [-0.4, -0.2) is 17.0 Å². The Kier molecular flexibility index (Phi) is 3.37. The molecule has 5 nitrogen and oxygen atoms in total. The number of hydrogen-bond donors (Lipinski definition) is 2. The van der Waals surface area contributed by atoms with E-state index < -0.39 is 11.9 Å². The summed E-state index contributed by atoms with van der Waals surface area (Å²) < 4.78 is 5.21. The number of anilines is 1. The van der Waals surface area contributed by atoms with Crippen molar-refractivity contribution in [1.29, 1.82) is 0 Å². The molecule has 0 aliphatic heterocycles. The monoisotopic (exact) mass is 259 g/mol. The van der Waals surface area contributed by atoms with Crippen LogP contribution in [0, 0.1) is 13.8 Å². The number of carbonyl (C=O) groups excluding carboxylic acids is 1. The van der Waals surface area contributed by atoms with Gasteiger partial charge in [0.25, 0.3) is 5.91 Å². The summed E-state index contributed by atoms with van der Waals surface area (Å²) in [6.07, 6.45) is 0. The lowest BCUT2D eigenvalue weighted by Crippen LogP contribution is -2.13. The van der Waals surface area contributed by atoms with Gasteiger partial charge in [-0.3, -0.25) is 4.79 Å². The standard InChI is InChI=1S/C14H13NO4/c1-8-6-7-12(19-8)13(16)15-11-5-3-4-10(9(11)2)14(17)18/h3-7H,1-2H3,(H,15,16)(H,17,18). The fraction of sp³-hybridized carbons (Fsp3) is 0.143. The zero-order valence-electron chi connectivity index (χ0n) is 10.6. The molecule has 0 aliphatic rings. The molecule has 5 heteroatoms. The third-order valence-corrected chi connectivity index (χ3v) is 2.78. The normalized spacial score (nSPS) is 10.2. The minimum Gasteiger partial charge on any atom is -0.478 e. The highest BCUT2D eigenvalue weighted by Gasteiger charge is 2.14. The van der Waals surface area contributed by atoms with Gasteiger partial charge in [-0.1, -0.05) is 6.07 Å². The van der Waals surface area contributed by atoms with Crippen LogP contribution in [0.4, 0.5) is 5.69 Å². The topological polar surface area (TPSA) is 79.5 Å². The Hall–Kier alpha value is -2.56. The summed E-state index contributed by atoms with van der Waals surface area (Å²) in [4.78, 5) is 22.9. The van der Waals surface area contributed by atoms with Crippen LogP contribution in [0.15, 0.2) is 34.7 Å². The Morgan fingerprint density at radius 3 is 2.47 bits per heavy atom. The van der Waals surface area contributed by atoms with Crippen molar-refractivity contribution in [2.75, 3.05) is 5.32 Å². The van der Waals surface area contributed by atoms with E-state index in [4.69, 9.17) is 9.52 Å². The smallest absolute Gasteiger partial charge is 0.336 e. The van der Waals surface area contributed by atoms with Crippen molar-refractivity contribution in [3.05, 3.63) is 53.0 Å². The number of aromatic carboxylic acids is 1. The lowest BCUT2D eigenvalue weighted by atomic mass is 10.1. The molecule has 0 bridgehead atoms. The fourth-order valence-corrected chi connectivity index (χ4v) is 1.74. The van der Waals surface area contributed by atoms with E-state index in [0.717, 1.165) is 0 Å². The van der Waals surface area contributed by atoms with Crippen molar-refractivity contribution in [1.82, 2.24) is 0 Å². The first-order valence-electron chi connectivity index (χ1n) is 5.69. The molecule has 0 radical (unpaired) electrons. The van der Waals surface area contributed by atoms with Gasteiger partial charge in [0, 0.05) is 5.69 Å². The van der Waals surface area contributed by atoms with E-state index in [2.05, 4.69) is 5.32 Å². The average molecular weight is 259 g/mol. The molecular formula is C14H13NO4. The van der Waals surface area contributed by atoms with Gasteiger partial charge in [0.1, 0.15) is 5.76 Å². The van der Waals surface area contributed by atoms with E-state index >= 15 is 0 Å². The molecule has 19 heavy (non-hydrogen) atoms. The highest BCUT2D eigenvalue weighted by Crippen LogP contribution is 2.20. The van der Waals surface area contributed by atoms with E-state index in [-0.39, 0.29) is 11.3 Å². The summed E-state index contributed by atoms with van der Waals surface area (Å²) in [6.45, 7) is 3.39. The SMILES string of the molecule is Cc1ccc(C(=O)Nc2cccc(C(=O)O)c2C)o1. The van der Waals surface area contributed by atoms with Crippen LogP contribution in [0.25, 0.3) is 0 Å². The van der Waals surface area contributed by atoms with Gasteiger partial charge in [-0.2, -0.15) is 0 Å². The molecule has 0 saturated heterocycles. The molecule has 1 heterocycles. The molecule has 1 aromatic carbocycles. The number of furan rings is 1. The second kappa shape index (κ2) is 4.97. The van der Waals surface area contributed by atoms with E-state index in [1.54, 1.807) is 38.1 Å². The molecule has 0 saturated carbocycles. The molecule has 0 atom stereocenters. The van der Waals surface area contributed by atoms with Crippen molar-refractivity contribution in [3.8, 4) is 0 Å². The summed E-state index contributed by atoms with van der Waals surface area (Å²) in [6, 6.07) is 7.98. The number of rotatable bonds is 3. The number of aryl methyl sites for hydroxylation is 1. The van der Waals surface area contributed by atoms with Crippen LogP contribution in [0.2, 0.25) is 0 Å². The summed E-state index contributed by atoms with van der Waals surface area (Å²) in [5.74, 6) is -0.597. The maximum Gasteiger partial charge on any atom is 0.336 e. The molecule has 2 aromatic rings. The van der Waals surface area contributed by atoms with Crippen molar-refractivity contribution in [2.45, 2.75) is 13.8 Å². The van der Waals surface area contributed by atoms with Gasteiger partial charge in [-0.15, -0.1) is 0 Å². The van der Waals surface area contributed by atoms with E-state index in [1.807, 2.05) is 0 Å². The first-order chi connectivity index (χ1) is 8.99. The second-order valence-electron chi connectivity index (χ2n) is 4.15. The lowest BCUT2D eigenvalue weighted by molar-refractivity contribution is 0.0695. The highest BCUT2D eigenvalue weighted by atomic mass is 16.4. The molecule has 2 rings (SSSR count). The van der Waals surface area contributed by atoms with Crippen LogP contribution >= 0.6 is 0 Å². The molecule has 0 fully saturated rings. The maximum atomic E-state index is 11.9. The average Bonchev–Trinajstić information content (AvgIpc) is 2.78. The quantitative estimate of drug-likeness (QED) is 0.888. The number of carbonyl (C=O) groups is 2. The van der Waals surface area contributed by atoms with E-state index in [0.29, 0.717) is 17.0 Å². The summed E-state index contributed by atoms with van der Waals surface area (Å²) in [5, 5.41) is 11.7. The van der Waals surface area contributed by atoms with E-state index in [1.165, 1.54) is 6.07 Å². The van der Waals surface area contributed by atoms with Crippen molar-refractivity contribution >= 4 is 17.6 Å². The maximum absolute atomic E-state index is 11.9. The lowest BCUT2D eigenvalue weighted by Gasteiger charge is -2.09. The Labute approximate surface area is 109 Å². The van der Waals surface area contributed by atoms with Crippen LogP contribution < -0.4 is 5.32 Å². The van der Waals surface area contributed by atoms with Crippen LogP contribution in [0.5, 0.6) is 0 Å². The Bertz CT molecular complexity index is 643. The molecule has 0 unspecified atom stereocenters. The molecular weight excluding hydrogens is 246 g/mol. The minimum absolute atomic E-state index is 0.161. The van der Waals surface area contributed by atoms with Gasteiger partial charge in [-0.25, -0.2) is 4.79 Å². The highest BCUT2D eigenvalue weighted by molar-refractivity contribution is 6.03.